The molecule has 0 N–H and O–H groups in total. The van der Waals surface area contributed by atoms with E-state index in [4.69, 9.17) is 4.74 Å². The van der Waals surface area contributed by atoms with E-state index in [9.17, 15) is 4.79 Å². The van der Waals surface area contributed by atoms with Gasteiger partial charge in [-0.3, -0.25) is 4.79 Å². The molecule has 2 nitrogen and oxygen atoms in total. The quantitative estimate of drug-likeness (QED) is 0.411. The average molecular weight is 299 g/mol. The maximum atomic E-state index is 11.4. The maximum Gasteiger partial charge on any atom is 0.306 e. The van der Waals surface area contributed by atoms with Crippen LogP contribution in [-0.4, -0.2) is 11.3 Å². The van der Waals surface area contributed by atoms with Crippen LogP contribution in [0.15, 0.2) is 30.3 Å². The summed E-state index contributed by atoms with van der Waals surface area (Å²) in [5.41, 5.74) is 1.04. The van der Waals surface area contributed by atoms with Crippen molar-refractivity contribution in [1.82, 2.24) is 0 Å². The second-order valence-corrected chi connectivity index (χ2v) is 4.79. The van der Waals surface area contributed by atoms with Crippen molar-refractivity contribution < 1.29 is 9.53 Å². The largest absolute Gasteiger partial charge is 0.461 e. The van der Waals surface area contributed by atoms with Gasteiger partial charge < -0.3 is 4.74 Å². The second kappa shape index (κ2) is 9.23. The number of alkyl halides is 1. The van der Waals surface area contributed by atoms with E-state index >= 15 is 0 Å². The van der Waals surface area contributed by atoms with Gasteiger partial charge in [0, 0.05) is 11.8 Å². The van der Waals surface area contributed by atoms with E-state index < -0.39 is 0 Å². The van der Waals surface area contributed by atoms with Gasteiger partial charge in [0.15, 0.2) is 0 Å². The van der Waals surface area contributed by atoms with E-state index in [1.54, 1.807) is 0 Å². The summed E-state index contributed by atoms with van der Waals surface area (Å²) in [6, 6.07) is 9.77. The highest BCUT2D eigenvalue weighted by Crippen LogP contribution is 2.07. The molecule has 3 heteroatoms. The molecule has 0 aromatic heterocycles. The topological polar surface area (TPSA) is 26.3 Å². The molecule has 94 valence electrons. The minimum Gasteiger partial charge on any atom is -0.461 e. The predicted octanol–water partition coefficient (Wildman–Crippen LogP) is 4.08. The molecule has 17 heavy (non-hydrogen) atoms. The number of hydrogen-bond acceptors (Lipinski definition) is 2. The SMILES string of the molecule is O=C(CCCCCCBr)OCc1ccccc1. The zero-order valence-corrected chi connectivity index (χ0v) is 11.6. The van der Waals surface area contributed by atoms with Crippen molar-refractivity contribution in [2.45, 2.75) is 38.7 Å². The molecule has 1 aromatic rings. The van der Waals surface area contributed by atoms with Gasteiger partial charge in [0.25, 0.3) is 0 Å². The molecule has 0 atom stereocenters. The van der Waals surface area contributed by atoms with Crippen LogP contribution in [-0.2, 0) is 16.1 Å². The van der Waals surface area contributed by atoms with Gasteiger partial charge in [0.1, 0.15) is 6.61 Å². The Morgan fingerprint density at radius 3 is 2.47 bits per heavy atom. The zero-order chi connectivity index (χ0) is 12.3. The lowest BCUT2D eigenvalue weighted by Crippen LogP contribution is -2.04. The van der Waals surface area contributed by atoms with Crippen molar-refractivity contribution in [2.24, 2.45) is 0 Å². The molecule has 1 rings (SSSR count). The molecule has 0 aliphatic carbocycles. The van der Waals surface area contributed by atoms with Gasteiger partial charge in [0.05, 0.1) is 0 Å². The number of ether oxygens (including phenoxy) is 1. The Kier molecular flexibility index (Phi) is 7.72. The smallest absolute Gasteiger partial charge is 0.306 e. The van der Waals surface area contributed by atoms with E-state index in [1.807, 2.05) is 30.3 Å². The first-order valence-electron chi connectivity index (χ1n) is 6.08. The minimum absolute atomic E-state index is 0.0901. The van der Waals surface area contributed by atoms with Crippen molar-refractivity contribution in [3.8, 4) is 0 Å². The van der Waals surface area contributed by atoms with Crippen LogP contribution >= 0.6 is 15.9 Å². The normalized spacial score (nSPS) is 10.2. The summed E-state index contributed by atoms with van der Waals surface area (Å²) >= 11 is 3.39. The number of carbonyl (C=O) groups is 1. The molecule has 0 saturated carbocycles. The molecular formula is C14H19BrO2. The van der Waals surface area contributed by atoms with Crippen LogP contribution in [0.5, 0.6) is 0 Å². The molecule has 0 spiro atoms. The first-order chi connectivity index (χ1) is 8.33. The number of esters is 1. The van der Waals surface area contributed by atoms with Crippen LogP contribution in [0.2, 0.25) is 0 Å². The molecule has 0 unspecified atom stereocenters. The van der Waals surface area contributed by atoms with Gasteiger partial charge >= 0.3 is 5.97 Å². The summed E-state index contributed by atoms with van der Waals surface area (Å²) in [6.45, 7) is 0.390. The molecule has 0 amide bonds. The van der Waals surface area contributed by atoms with Crippen molar-refractivity contribution in [3.05, 3.63) is 35.9 Å². The molecule has 0 fully saturated rings. The Hall–Kier alpha value is -0.830. The van der Waals surface area contributed by atoms with Gasteiger partial charge in [-0.05, 0) is 18.4 Å². The summed E-state index contributed by atoms with van der Waals surface area (Å²) in [7, 11) is 0. The molecule has 0 radical (unpaired) electrons. The van der Waals surface area contributed by atoms with Crippen LogP contribution in [0.25, 0.3) is 0 Å². The number of halogens is 1. The number of hydrogen-bond donors (Lipinski definition) is 0. The predicted molar refractivity (Wildman–Crippen MR) is 73.1 cm³/mol. The highest BCUT2D eigenvalue weighted by atomic mass is 79.9. The molecular weight excluding hydrogens is 280 g/mol. The highest BCUT2D eigenvalue weighted by molar-refractivity contribution is 9.09. The van der Waals surface area contributed by atoms with Crippen molar-refractivity contribution in [2.75, 3.05) is 5.33 Å². The Labute approximate surface area is 111 Å². The number of rotatable bonds is 8. The van der Waals surface area contributed by atoms with Crippen LogP contribution in [0.1, 0.15) is 37.7 Å². The lowest BCUT2D eigenvalue weighted by molar-refractivity contribution is -0.145. The summed E-state index contributed by atoms with van der Waals surface area (Å²) in [4.78, 5) is 11.4. The van der Waals surface area contributed by atoms with Gasteiger partial charge in [-0.2, -0.15) is 0 Å². The zero-order valence-electron chi connectivity index (χ0n) is 10.0. The van der Waals surface area contributed by atoms with Crippen LogP contribution < -0.4 is 0 Å². The fourth-order valence-electron chi connectivity index (χ4n) is 1.53. The van der Waals surface area contributed by atoms with Gasteiger partial charge in [0.2, 0.25) is 0 Å². The van der Waals surface area contributed by atoms with E-state index in [-0.39, 0.29) is 5.97 Å². The lowest BCUT2D eigenvalue weighted by Gasteiger charge is -2.04. The fraction of sp³-hybridized carbons (Fsp3) is 0.500. The Balaban J connectivity index is 2.05. The Morgan fingerprint density at radius 2 is 1.76 bits per heavy atom. The monoisotopic (exact) mass is 298 g/mol. The maximum absolute atomic E-state index is 11.4. The lowest BCUT2D eigenvalue weighted by atomic mass is 10.1. The van der Waals surface area contributed by atoms with Crippen LogP contribution in [0.3, 0.4) is 0 Å². The van der Waals surface area contributed by atoms with E-state index in [0.717, 1.165) is 23.7 Å². The third-order valence-corrected chi connectivity index (χ3v) is 3.07. The minimum atomic E-state index is -0.0901. The van der Waals surface area contributed by atoms with Crippen molar-refractivity contribution in [1.29, 1.82) is 0 Å². The number of benzene rings is 1. The van der Waals surface area contributed by atoms with Gasteiger partial charge in [-0.1, -0.05) is 59.1 Å². The summed E-state index contributed by atoms with van der Waals surface area (Å²) in [5.74, 6) is -0.0901. The first-order valence-corrected chi connectivity index (χ1v) is 7.20. The third kappa shape index (κ3) is 7.16. The second-order valence-electron chi connectivity index (χ2n) is 4.00. The van der Waals surface area contributed by atoms with Gasteiger partial charge in [-0.25, -0.2) is 0 Å². The number of carbonyl (C=O) groups excluding carboxylic acids is 1. The average Bonchev–Trinajstić information content (AvgIpc) is 2.37. The molecule has 0 saturated heterocycles. The third-order valence-electron chi connectivity index (χ3n) is 2.51. The van der Waals surface area contributed by atoms with Gasteiger partial charge in [-0.15, -0.1) is 0 Å². The summed E-state index contributed by atoms with van der Waals surface area (Å²) in [6.07, 6.45) is 4.93. The Bertz CT molecular complexity index is 311. The van der Waals surface area contributed by atoms with Crippen LogP contribution in [0.4, 0.5) is 0 Å². The van der Waals surface area contributed by atoms with Crippen molar-refractivity contribution in [3.63, 3.8) is 0 Å². The van der Waals surface area contributed by atoms with E-state index in [2.05, 4.69) is 15.9 Å². The Morgan fingerprint density at radius 1 is 1.06 bits per heavy atom. The molecule has 0 heterocycles. The summed E-state index contributed by atoms with van der Waals surface area (Å²) in [5, 5.41) is 1.05. The van der Waals surface area contributed by atoms with Crippen LogP contribution in [0, 0.1) is 0 Å². The van der Waals surface area contributed by atoms with Crippen molar-refractivity contribution >= 4 is 21.9 Å². The molecule has 0 aliphatic rings. The first kappa shape index (κ1) is 14.2. The standard InChI is InChI=1S/C14H19BrO2/c15-11-7-2-1-6-10-14(16)17-12-13-8-4-3-5-9-13/h3-5,8-9H,1-2,6-7,10-12H2. The molecule has 1 aromatic carbocycles. The van der Waals surface area contributed by atoms with E-state index in [0.29, 0.717) is 13.0 Å². The van der Waals surface area contributed by atoms with E-state index in [1.165, 1.54) is 12.8 Å². The fourth-order valence-corrected chi connectivity index (χ4v) is 1.92. The molecule has 0 aliphatic heterocycles. The number of unbranched alkanes of at least 4 members (excludes halogenated alkanes) is 3. The highest BCUT2D eigenvalue weighted by Gasteiger charge is 2.02. The molecule has 0 bridgehead atoms. The summed E-state index contributed by atoms with van der Waals surface area (Å²) < 4.78 is 5.19.